The zero-order valence-corrected chi connectivity index (χ0v) is 16.6. The molecule has 3 rings (SSSR count). The predicted molar refractivity (Wildman–Crippen MR) is 115 cm³/mol. The lowest BCUT2D eigenvalue weighted by Crippen LogP contribution is -2.30. The smallest absolute Gasteiger partial charge is 0.321 e. The Morgan fingerprint density at radius 2 is 1.55 bits per heavy atom. The van der Waals surface area contributed by atoms with E-state index in [9.17, 15) is 4.79 Å². The van der Waals surface area contributed by atoms with Gasteiger partial charge in [0.2, 0.25) is 0 Å². The van der Waals surface area contributed by atoms with Crippen molar-refractivity contribution in [2.45, 2.75) is 13.2 Å². The maximum absolute atomic E-state index is 12.4. The second-order valence-corrected chi connectivity index (χ2v) is 6.69. The van der Waals surface area contributed by atoms with Gasteiger partial charge in [0.15, 0.2) is 0 Å². The highest BCUT2D eigenvalue weighted by atomic mass is 16.5. The fourth-order valence-electron chi connectivity index (χ4n) is 2.81. The van der Waals surface area contributed by atoms with Gasteiger partial charge in [-0.25, -0.2) is 4.79 Å². The van der Waals surface area contributed by atoms with Crippen LogP contribution in [0.1, 0.15) is 11.1 Å². The molecule has 0 atom stereocenters. The molecule has 0 heterocycles. The molecule has 0 radical (unpaired) electrons. The number of anilines is 1. The van der Waals surface area contributed by atoms with E-state index < -0.39 is 0 Å². The van der Waals surface area contributed by atoms with Crippen molar-refractivity contribution in [2.75, 3.05) is 25.6 Å². The van der Waals surface area contributed by atoms with Crippen LogP contribution in [0.2, 0.25) is 0 Å². The van der Waals surface area contributed by atoms with Gasteiger partial charge >= 0.3 is 6.03 Å². The largest absolute Gasteiger partial charge is 0.491 e. The molecule has 0 aromatic heterocycles. The van der Waals surface area contributed by atoms with Gasteiger partial charge in [0, 0.05) is 19.3 Å². The summed E-state index contributed by atoms with van der Waals surface area (Å²) in [5.41, 5.74) is 2.83. The number of nitrogens with one attached hydrogen (secondary N) is 1. The molecule has 0 fully saturated rings. The molecule has 29 heavy (non-hydrogen) atoms. The zero-order valence-electron chi connectivity index (χ0n) is 16.6. The first-order chi connectivity index (χ1) is 14.2. The first kappa shape index (κ1) is 20.4. The van der Waals surface area contributed by atoms with Crippen LogP contribution in [0.25, 0.3) is 0 Å². The third-order valence-electron chi connectivity index (χ3n) is 4.30. The van der Waals surface area contributed by atoms with Gasteiger partial charge in [0.1, 0.15) is 12.4 Å². The van der Waals surface area contributed by atoms with Crippen molar-refractivity contribution in [2.24, 2.45) is 0 Å². The van der Waals surface area contributed by atoms with Gasteiger partial charge < -0.3 is 19.7 Å². The standard InChI is InChI=1S/C24H26N2O3/c1-26(18-20-9-4-2-5-10-20)24(27)25-22-12-8-11-21(17-22)19-28-15-16-29-23-13-6-3-7-14-23/h2-14,17H,15-16,18-19H2,1H3,(H,25,27). The number of hydrogen-bond donors (Lipinski definition) is 1. The third-order valence-corrected chi connectivity index (χ3v) is 4.30. The number of benzene rings is 3. The SMILES string of the molecule is CN(Cc1ccccc1)C(=O)Nc1cccc(COCCOc2ccccc2)c1. The molecule has 0 saturated carbocycles. The summed E-state index contributed by atoms with van der Waals surface area (Å²) in [7, 11) is 1.78. The van der Waals surface area contributed by atoms with Crippen LogP contribution in [0.4, 0.5) is 10.5 Å². The van der Waals surface area contributed by atoms with Crippen LogP contribution in [-0.4, -0.2) is 31.2 Å². The van der Waals surface area contributed by atoms with Gasteiger partial charge in [0.25, 0.3) is 0 Å². The lowest BCUT2D eigenvalue weighted by molar-refractivity contribution is 0.0889. The lowest BCUT2D eigenvalue weighted by atomic mass is 10.2. The molecule has 5 nitrogen and oxygen atoms in total. The molecular weight excluding hydrogens is 364 g/mol. The molecule has 0 unspecified atom stereocenters. The van der Waals surface area contributed by atoms with E-state index in [2.05, 4.69) is 5.32 Å². The van der Waals surface area contributed by atoms with E-state index in [1.54, 1.807) is 11.9 Å². The van der Waals surface area contributed by atoms with E-state index >= 15 is 0 Å². The van der Waals surface area contributed by atoms with Crippen molar-refractivity contribution in [1.82, 2.24) is 4.90 Å². The Labute approximate surface area is 171 Å². The summed E-state index contributed by atoms with van der Waals surface area (Å²) < 4.78 is 11.3. The van der Waals surface area contributed by atoms with Gasteiger partial charge in [-0.2, -0.15) is 0 Å². The molecule has 3 aromatic carbocycles. The van der Waals surface area contributed by atoms with Crippen LogP contribution in [0.3, 0.4) is 0 Å². The van der Waals surface area contributed by atoms with Crippen molar-refractivity contribution < 1.29 is 14.3 Å². The number of urea groups is 1. The highest BCUT2D eigenvalue weighted by molar-refractivity contribution is 5.89. The lowest BCUT2D eigenvalue weighted by Gasteiger charge is -2.18. The Balaban J connectivity index is 1.42. The number of carbonyl (C=O) groups is 1. The average Bonchev–Trinajstić information content (AvgIpc) is 2.75. The Morgan fingerprint density at radius 1 is 0.862 bits per heavy atom. The van der Waals surface area contributed by atoms with Crippen molar-refractivity contribution >= 4 is 11.7 Å². The van der Waals surface area contributed by atoms with E-state index in [1.807, 2.05) is 84.9 Å². The van der Waals surface area contributed by atoms with Crippen molar-refractivity contribution in [3.63, 3.8) is 0 Å². The summed E-state index contributed by atoms with van der Waals surface area (Å²) in [6, 6.07) is 27.1. The summed E-state index contributed by atoms with van der Waals surface area (Å²) in [5.74, 6) is 0.834. The van der Waals surface area contributed by atoms with Crippen LogP contribution in [-0.2, 0) is 17.9 Å². The molecule has 2 amide bonds. The van der Waals surface area contributed by atoms with Crippen molar-refractivity contribution in [1.29, 1.82) is 0 Å². The van der Waals surface area contributed by atoms with E-state index in [0.29, 0.717) is 26.4 Å². The van der Waals surface area contributed by atoms with Crippen LogP contribution in [0.5, 0.6) is 5.75 Å². The summed E-state index contributed by atoms with van der Waals surface area (Å²) in [5, 5.41) is 2.93. The number of ether oxygens (including phenoxy) is 2. The molecule has 0 aliphatic carbocycles. The highest BCUT2D eigenvalue weighted by Crippen LogP contribution is 2.13. The Kier molecular flexibility index (Phi) is 7.66. The third kappa shape index (κ3) is 6.97. The summed E-state index contributed by atoms with van der Waals surface area (Å²) in [4.78, 5) is 14.1. The van der Waals surface area contributed by atoms with Gasteiger partial charge in [-0.3, -0.25) is 0 Å². The first-order valence-electron chi connectivity index (χ1n) is 9.61. The number of rotatable bonds is 9. The minimum absolute atomic E-state index is 0.150. The predicted octanol–water partition coefficient (Wildman–Crippen LogP) is 4.95. The van der Waals surface area contributed by atoms with Crippen molar-refractivity contribution in [3.8, 4) is 5.75 Å². The summed E-state index contributed by atoms with van der Waals surface area (Å²) in [6.07, 6.45) is 0. The van der Waals surface area contributed by atoms with Crippen molar-refractivity contribution in [3.05, 3.63) is 96.1 Å². The summed E-state index contributed by atoms with van der Waals surface area (Å²) >= 11 is 0. The summed E-state index contributed by atoms with van der Waals surface area (Å²) in [6.45, 7) is 1.99. The van der Waals surface area contributed by atoms with Crippen LogP contribution in [0, 0.1) is 0 Å². The fraction of sp³-hybridized carbons (Fsp3) is 0.208. The maximum atomic E-state index is 12.4. The number of amides is 2. The number of carbonyl (C=O) groups excluding carboxylic acids is 1. The molecule has 0 bridgehead atoms. The Morgan fingerprint density at radius 3 is 2.31 bits per heavy atom. The molecule has 0 aliphatic heterocycles. The van der Waals surface area contributed by atoms with Gasteiger partial charge in [-0.1, -0.05) is 60.7 Å². The second-order valence-electron chi connectivity index (χ2n) is 6.69. The molecule has 1 N–H and O–H groups in total. The van der Waals surface area contributed by atoms with Gasteiger partial charge in [0.05, 0.1) is 13.2 Å². The topological polar surface area (TPSA) is 50.8 Å². The molecule has 150 valence electrons. The second kappa shape index (κ2) is 10.9. The minimum Gasteiger partial charge on any atom is -0.491 e. The normalized spacial score (nSPS) is 10.4. The number of para-hydroxylation sites is 1. The first-order valence-corrected chi connectivity index (χ1v) is 9.61. The number of nitrogens with zero attached hydrogens (tertiary/aromatic N) is 1. The highest BCUT2D eigenvalue weighted by Gasteiger charge is 2.09. The fourth-order valence-corrected chi connectivity index (χ4v) is 2.81. The monoisotopic (exact) mass is 390 g/mol. The molecular formula is C24H26N2O3. The molecule has 0 aliphatic rings. The maximum Gasteiger partial charge on any atom is 0.321 e. The molecule has 3 aromatic rings. The van der Waals surface area contributed by atoms with Gasteiger partial charge in [-0.05, 0) is 35.4 Å². The van der Waals surface area contributed by atoms with Crippen LogP contribution < -0.4 is 10.1 Å². The van der Waals surface area contributed by atoms with Crippen LogP contribution in [0.15, 0.2) is 84.9 Å². The van der Waals surface area contributed by atoms with E-state index in [1.165, 1.54) is 0 Å². The molecule has 0 spiro atoms. The quantitative estimate of drug-likeness (QED) is 0.526. The molecule has 0 saturated heterocycles. The Hall–Kier alpha value is -3.31. The zero-order chi connectivity index (χ0) is 20.3. The van der Waals surface area contributed by atoms with Crippen LogP contribution >= 0.6 is 0 Å². The van der Waals surface area contributed by atoms with E-state index in [0.717, 1.165) is 22.6 Å². The number of hydrogen-bond acceptors (Lipinski definition) is 3. The Bertz CT molecular complexity index is 885. The average molecular weight is 390 g/mol. The molecule has 5 heteroatoms. The van der Waals surface area contributed by atoms with Gasteiger partial charge in [-0.15, -0.1) is 0 Å². The van der Waals surface area contributed by atoms with E-state index in [4.69, 9.17) is 9.47 Å². The van der Waals surface area contributed by atoms with E-state index in [-0.39, 0.29) is 6.03 Å². The minimum atomic E-state index is -0.150.